The molecular weight excluding hydrogens is 447 g/mol. The van der Waals surface area contributed by atoms with Gasteiger partial charge in [-0.25, -0.2) is 0 Å². The molecule has 0 atom stereocenters. The number of halogens is 3. The molecule has 30 heavy (non-hydrogen) atoms. The Morgan fingerprint density at radius 2 is 1.17 bits per heavy atom. The first kappa shape index (κ1) is 22.4. The van der Waals surface area contributed by atoms with Crippen LogP contribution in [-0.2, 0) is 3.79 Å². The van der Waals surface area contributed by atoms with Crippen molar-refractivity contribution in [2.24, 2.45) is 0 Å². The third-order valence-electron chi connectivity index (χ3n) is 6.05. The van der Waals surface area contributed by atoms with Gasteiger partial charge < -0.3 is 35.4 Å². The van der Waals surface area contributed by atoms with Crippen LogP contribution in [0.3, 0.4) is 0 Å². The predicted octanol–water partition coefficient (Wildman–Crippen LogP) is 1.75. The molecule has 0 spiro atoms. The monoisotopic (exact) mass is 476 g/mol. The molecule has 3 fully saturated rings. The normalized spacial score (nSPS) is 21.1. The third kappa shape index (κ3) is 4.66. The van der Waals surface area contributed by atoms with Crippen LogP contribution in [-0.4, -0.2) is 85.6 Å². The topological polar surface area (TPSA) is 55.0 Å². The summed E-state index contributed by atoms with van der Waals surface area (Å²) in [7, 11) is 1.72. The SMILES string of the molecule is COc1c(N2CCNCC2)cc(N2CCNCC2)c(C(Cl)(Cl)Cl)c1N1CCNCC1. The summed E-state index contributed by atoms with van der Waals surface area (Å²) in [4.78, 5) is 7.03. The molecule has 0 unspecified atom stereocenters. The number of piperazine rings is 3. The van der Waals surface area contributed by atoms with Crippen molar-refractivity contribution in [1.29, 1.82) is 0 Å². The Morgan fingerprint density at radius 3 is 1.60 bits per heavy atom. The molecule has 168 valence electrons. The molecule has 3 N–H and O–H groups in total. The van der Waals surface area contributed by atoms with E-state index in [-0.39, 0.29) is 0 Å². The number of methoxy groups -OCH3 is 1. The average Bonchev–Trinajstić information content (AvgIpc) is 2.78. The summed E-state index contributed by atoms with van der Waals surface area (Å²) >= 11 is 19.9. The van der Waals surface area contributed by atoms with E-state index in [0.717, 1.165) is 107 Å². The van der Waals surface area contributed by atoms with Crippen LogP contribution in [0.4, 0.5) is 17.1 Å². The van der Waals surface area contributed by atoms with Crippen molar-refractivity contribution in [3.8, 4) is 5.75 Å². The van der Waals surface area contributed by atoms with E-state index in [1.165, 1.54) is 0 Å². The van der Waals surface area contributed by atoms with Crippen molar-refractivity contribution in [3.63, 3.8) is 0 Å². The third-order valence-corrected chi connectivity index (χ3v) is 6.62. The molecule has 1 aromatic carbocycles. The summed E-state index contributed by atoms with van der Waals surface area (Å²) in [6, 6.07) is 2.18. The number of hydrogen-bond donors (Lipinski definition) is 3. The highest BCUT2D eigenvalue weighted by molar-refractivity contribution is 6.67. The van der Waals surface area contributed by atoms with Crippen molar-refractivity contribution in [2.75, 3.05) is 100 Å². The van der Waals surface area contributed by atoms with Gasteiger partial charge in [-0.3, -0.25) is 0 Å². The number of rotatable bonds is 4. The number of ether oxygens (including phenoxy) is 1. The van der Waals surface area contributed by atoms with Gasteiger partial charge in [-0.05, 0) is 6.07 Å². The Bertz CT molecular complexity index is 726. The highest BCUT2D eigenvalue weighted by Gasteiger charge is 2.38. The van der Waals surface area contributed by atoms with E-state index in [1.54, 1.807) is 7.11 Å². The highest BCUT2D eigenvalue weighted by Crippen LogP contribution is 2.54. The highest BCUT2D eigenvalue weighted by atomic mass is 35.6. The van der Waals surface area contributed by atoms with E-state index in [9.17, 15) is 0 Å². The summed E-state index contributed by atoms with van der Waals surface area (Å²) < 4.78 is 4.47. The minimum Gasteiger partial charge on any atom is -0.492 e. The van der Waals surface area contributed by atoms with E-state index < -0.39 is 3.79 Å². The first-order valence-corrected chi connectivity index (χ1v) is 11.8. The Labute approximate surface area is 193 Å². The second-order valence-electron chi connectivity index (χ2n) is 7.88. The zero-order valence-electron chi connectivity index (χ0n) is 17.4. The van der Waals surface area contributed by atoms with Gasteiger partial charge in [0.15, 0.2) is 5.75 Å². The summed E-state index contributed by atoms with van der Waals surface area (Å²) in [5.74, 6) is 0.805. The lowest BCUT2D eigenvalue weighted by molar-refractivity contribution is 0.410. The summed E-state index contributed by atoms with van der Waals surface area (Å²) in [6.07, 6.45) is 0. The number of benzene rings is 1. The van der Waals surface area contributed by atoms with Gasteiger partial charge >= 0.3 is 0 Å². The molecule has 10 heteroatoms. The van der Waals surface area contributed by atoms with Crippen LogP contribution < -0.4 is 35.4 Å². The first-order chi connectivity index (χ1) is 14.5. The number of nitrogens with one attached hydrogen (secondary N) is 3. The fraction of sp³-hybridized carbons (Fsp3) is 0.700. The predicted molar refractivity (Wildman–Crippen MR) is 127 cm³/mol. The van der Waals surface area contributed by atoms with Crippen molar-refractivity contribution in [3.05, 3.63) is 11.6 Å². The standard InChI is InChI=1S/C20H31Cl3N6O/c1-30-19-16(28-10-4-25-5-11-28)14-15(27-8-2-24-3-9-27)17(20(21,22)23)18(19)29-12-6-26-7-13-29/h14,24-26H,2-13H2,1H3. The van der Waals surface area contributed by atoms with Gasteiger partial charge in [0.05, 0.1) is 24.0 Å². The van der Waals surface area contributed by atoms with Gasteiger partial charge in [0.2, 0.25) is 3.79 Å². The van der Waals surface area contributed by atoms with Gasteiger partial charge in [0.1, 0.15) is 0 Å². The number of alkyl halides is 3. The quantitative estimate of drug-likeness (QED) is 0.571. The van der Waals surface area contributed by atoms with Crippen LogP contribution in [0.25, 0.3) is 0 Å². The maximum atomic E-state index is 6.64. The smallest absolute Gasteiger partial charge is 0.220 e. The summed E-state index contributed by atoms with van der Waals surface area (Å²) in [5.41, 5.74) is 3.73. The molecule has 0 saturated carbocycles. The van der Waals surface area contributed by atoms with Crippen LogP contribution in [0.5, 0.6) is 5.75 Å². The van der Waals surface area contributed by atoms with Crippen LogP contribution in [0.15, 0.2) is 6.07 Å². The number of nitrogens with zero attached hydrogens (tertiary/aromatic N) is 3. The molecule has 0 aromatic heterocycles. The van der Waals surface area contributed by atoms with Crippen molar-refractivity contribution in [1.82, 2.24) is 16.0 Å². The van der Waals surface area contributed by atoms with Gasteiger partial charge in [-0.15, -0.1) is 0 Å². The Morgan fingerprint density at radius 1 is 0.733 bits per heavy atom. The number of anilines is 3. The van der Waals surface area contributed by atoms with E-state index in [0.29, 0.717) is 0 Å². The molecule has 3 heterocycles. The van der Waals surface area contributed by atoms with Crippen LogP contribution in [0.2, 0.25) is 0 Å². The second kappa shape index (κ2) is 9.76. The van der Waals surface area contributed by atoms with Crippen LogP contribution >= 0.6 is 34.8 Å². The molecule has 0 amide bonds. The molecule has 7 nitrogen and oxygen atoms in total. The Balaban J connectivity index is 1.92. The largest absolute Gasteiger partial charge is 0.492 e. The zero-order chi connectivity index (χ0) is 21.1. The molecular formula is C20H31Cl3N6O. The van der Waals surface area contributed by atoms with E-state index >= 15 is 0 Å². The molecule has 3 saturated heterocycles. The van der Waals surface area contributed by atoms with E-state index in [4.69, 9.17) is 39.5 Å². The molecule has 0 bridgehead atoms. The van der Waals surface area contributed by atoms with Gasteiger partial charge in [-0.1, -0.05) is 34.8 Å². The fourth-order valence-electron chi connectivity index (χ4n) is 4.59. The lowest BCUT2D eigenvalue weighted by Gasteiger charge is -2.40. The molecule has 0 radical (unpaired) electrons. The van der Waals surface area contributed by atoms with Crippen molar-refractivity contribution in [2.45, 2.75) is 3.79 Å². The second-order valence-corrected chi connectivity index (χ2v) is 10.2. The van der Waals surface area contributed by atoms with Crippen LogP contribution in [0.1, 0.15) is 5.56 Å². The van der Waals surface area contributed by atoms with E-state index in [1.807, 2.05) is 0 Å². The lowest BCUT2D eigenvalue weighted by atomic mass is 10.0. The van der Waals surface area contributed by atoms with Crippen molar-refractivity contribution >= 4 is 51.9 Å². The Hall–Kier alpha value is -0.830. The van der Waals surface area contributed by atoms with Gasteiger partial charge in [0.25, 0.3) is 0 Å². The summed E-state index contributed by atoms with van der Waals surface area (Å²) in [6.45, 7) is 10.8. The maximum absolute atomic E-state index is 6.64. The molecule has 3 aliphatic heterocycles. The molecule has 1 aromatic rings. The van der Waals surface area contributed by atoms with E-state index in [2.05, 4.69) is 36.7 Å². The summed E-state index contributed by atoms with van der Waals surface area (Å²) in [5, 5.41) is 10.3. The Kier molecular flexibility index (Phi) is 7.27. The first-order valence-electron chi connectivity index (χ1n) is 10.7. The molecule has 4 rings (SSSR count). The minimum absolute atomic E-state index is 0.729. The molecule has 3 aliphatic rings. The van der Waals surface area contributed by atoms with Gasteiger partial charge in [-0.2, -0.15) is 0 Å². The minimum atomic E-state index is -1.56. The van der Waals surface area contributed by atoms with Crippen molar-refractivity contribution < 1.29 is 4.74 Å². The van der Waals surface area contributed by atoms with Crippen LogP contribution in [0, 0.1) is 0 Å². The zero-order valence-corrected chi connectivity index (χ0v) is 19.7. The fourth-order valence-corrected chi connectivity index (χ4v) is 5.15. The number of hydrogen-bond acceptors (Lipinski definition) is 7. The molecule has 0 aliphatic carbocycles. The maximum Gasteiger partial charge on any atom is 0.220 e. The average molecular weight is 478 g/mol. The van der Waals surface area contributed by atoms with Gasteiger partial charge in [0, 0.05) is 84.2 Å². The lowest BCUT2D eigenvalue weighted by Crippen LogP contribution is -2.47.